The predicted octanol–water partition coefficient (Wildman–Crippen LogP) is 1.38. The normalized spacial score (nSPS) is 21.7. The highest BCUT2D eigenvalue weighted by molar-refractivity contribution is 5.83. The average Bonchev–Trinajstić information content (AvgIpc) is 2.38. The molecule has 1 rings (SSSR count). The van der Waals surface area contributed by atoms with Gasteiger partial charge in [-0.2, -0.15) is 13.2 Å². The fourth-order valence-electron chi connectivity index (χ4n) is 2.37. The zero-order valence-corrected chi connectivity index (χ0v) is 11.7. The third kappa shape index (κ3) is 5.54. The van der Waals surface area contributed by atoms with E-state index in [9.17, 15) is 13.2 Å². The number of likely N-dealkylation sites (tertiary alicyclic amines) is 1. The number of oxime groups is 1. The van der Waals surface area contributed by atoms with Crippen LogP contribution in [-0.2, 0) is 0 Å². The van der Waals surface area contributed by atoms with E-state index in [2.05, 4.69) is 15.4 Å². The molecule has 1 fully saturated rings. The maximum atomic E-state index is 12.7. The topological polar surface area (TPSA) is 73.9 Å². The number of amidine groups is 1. The van der Waals surface area contributed by atoms with Crippen LogP contribution in [0.5, 0.6) is 0 Å². The van der Waals surface area contributed by atoms with Gasteiger partial charge in [0.15, 0.2) is 5.84 Å². The summed E-state index contributed by atoms with van der Waals surface area (Å²) in [6.07, 6.45) is -1.02. The third-order valence-corrected chi connectivity index (χ3v) is 3.52. The Morgan fingerprint density at radius 3 is 2.45 bits per heavy atom. The molecule has 0 saturated carbocycles. The van der Waals surface area contributed by atoms with Crippen molar-refractivity contribution in [3.05, 3.63) is 0 Å². The van der Waals surface area contributed by atoms with E-state index in [1.807, 2.05) is 6.92 Å². The highest BCUT2D eigenvalue weighted by Crippen LogP contribution is 2.26. The van der Waals surface area contributed by atoms with E-state index in [0.717, 1.165) is 25.9 Å². The first-order valence-electron chi connectivity index (χ1n) is 6.84. The Kier molecular flexibility index (Phi) is 6.54. The molecule has 0 aromatic rings. The number of piperidine rings is 1. The zero-order chi connectivity index (χ0) is 15.2. The first-order chi connectivity index (χ1) is 9.34. The minimum Gasteiger partial charge on any atom is -0.409 e. The quantitative estimate of drug-likeness (QED) is 0.300. The summed E-state index contributed by atoms with van der Waals surface area (Å²) < 4.78 is 38.2. The lowest BCUT2D eigenvalue weighted by Gasteiger charge is -2.30. The van der Waals surface area contributed by atoms with Gasteiger partial charge in [-0.05, 0) is 32.9 Å². The van der Waals surface area contributed by atoms with Gasteiger partial charge in [0.25, 0.3) is 0 Å². The molecule has 2 unspecified atom stereocenters. The van der Waals surface area contributed by atoms with Crippen molar-refractivity contribution in [2.45, 2.75) is 38.4 Å². The lowest BCUT2D eigenvalue weighted by atomic mass is 10.1. The van der Waals surface area contributed by atoms with E-state index in [1.54, 1.807) is 0 Å². The van der Waals surface area contributed by atoms with Crippen LogP contribution in [0.3, 0.4) is 0 Å². The van der Waals surface area contributed by atoms with Gasteiger partial charge < -0.3 is 21.2 Å². The Bertz CT molecular complexity index is 316. The Labute approximate surface area is 117 Å². The predicted molar refractivity (Wildman–Crippen MR) is 70.7 cm³/mol. The van der Waals surface area contributed by atoms with Crippen molar-refractivity contribution in [1.29, 1.82) is 0 Å². The minimum atomic E-state index is -4.52. The smallest absolute Gasteiger partial charge is 0.400 e. The molecule has 118 valence electrons. The Hall–Kier alpha value is -1.02. The number of hydrogen-bond donors (Lipinski definition) is 3. The van der Waals surface area contributed by atoms with Crippen LogP contribution in [0.1, 0.15) is 26.2 Å². The number of nitrogens with zero attached hydrogens (tertiary/aromatic N) is 2. The van der Waals surface area contributed by atoms with Crippen LogP contribution in [0.4, 0.5) is 13.2 Å². The summed E-state index contributed by atoms with van der Waals surface area (Å²) in [5.41, 5.74) is 5.10. The van der Waals surface area contributed by atoms with Crippen molar-refractivity contribution in [2.75, 3.05) is 26.2 Å². The summed E-state index contributed by atoms with van der Waals surface area (Å²) in [4.78, 5) is 2.24. The van der Waals surface area contributed by atoms with Crippen LogP contribution in [0.15, 0.2) is 5.16 Å². The maximum absolute atomic E-state index is 12.7. The molecule has 2 atom stereocenters. The molecular weight excluding hydrogens is 273 g/mol. The summed E-state index contributed by atoms with van der Waals surface area (Å²) in [5, 5.41) is 13.7. The molecule has 20 heavy (non-hydrogen) atoms. The number of alkyl halides is 3. The van der Waals surface area contributed by atoms with Crippen molar-refractivity contribution in [2.24, 2.45) is 16.8 Å². The van der Waals surface area contributed by atoms with Gasteiger partial charge in [-0.25, -0.2) is 0 Å². The van der Waals surface area contributed by atoms with Gasteiger partial charge in [-0.15, -0.1) is 0 Å². The van der Waals surface area contributed by atoms with Crippen LogP contribution in [-0.4, -0.2) is 54.3 Å². The molecule has 1 aliphatic rings. The SMILES string of the molecule is CC(CN1CCCCC1)NCC(C(N)=NO)C(F)(F)F. The number of nitrogens with one attached hydrogen (secondary N) is 1. The van der Waals surface area contributed by atoms with Crippen LogP contribution < -0.4 is 11.1 Å². The van der Waals surface area contributed by atoms with Crippen molar-refractivity contribution >= 4 is 5.84 Å². The molecule has 0 radical (unpaired) electrons. The van der Waals surface area contributed by atoms with Gasteiger partial charge >= 0.3 is 6.18 Å². The molecule has 1 heterocycles. The van der Waals surface area contributed by atoms with Gasteiger partial charge in [0, 0.05) is 19.1 Å². The maximum Gasteiger partial charge on any atom is 0.400 e. The number of halogens is 3. The first kappa shape index (κ1) is 17.0. The highest BCUT2D eigenvalue weighted by atomic mass is 19.4. The number of rotatable bonds is 6. The molecule has 4 N–H and O–H groups in total. The molecule has 0 aliphatic carbocycles. The fourth-order valence-corrected chi connectivity index (χ4v) is 2.37. The van der Waals surface area contributed by atoms with Crippen molar-refractivity contribution < 1.29 is 18.4 Å². The van der Waals surface area contributed by atoms with Crippen LogP contribution in [0.2, 0.25) is 0 Å². The van der Waals surface area contributed by atoms with Gasteiger partial charge in [-0.1, -0.05) is 11.6 Å². The van der Waals surface area contributed by atoms with Gasteiger partial charge in [0.2, 0.25) is 0 Å². The molecule has 5 nitrogen and oxygen atoms in total. The number of nitrogens with two attached hydrogens (primary N) is 1. The molecule has 1 saturated heterocycles. The van der Waals surface area contributed by atoms with Crippen molar-refractivity contribution in [3.63, 3.8) is 0 Å². The summed E-state index contributed by atoms with van der Waals surface area (Å²) in [6.45, 7) is 4.16. The largest absolute Gasteiger partial charge is 0.409 e. The second-order valence-electron chi connectivity index (χ2n) is 5.29. The summed E-state index contributed by atoms with van der Waals surface area (Å²) in [7, 11) is 0. The molecule has 0 spiro atoms. The Morgan fingerprint density at radius 2 is 1.95 bits per heavy atom. The van der Waals surface area contributed by atoms with E-state index in [1.165, 1.54) is 6.42 Å². The van der Waals surface area contributed by atoms with Crippen LogP contribution in [0, 0.1) is 5.92 Å². The van der Waals surface area contributed by atoms with E-state index in [4.69, 9.17) is 10.9 Å². The van der Waals surface area contributed by atoms with Crippen LogP contribution in [0.25, 0.3) is 0 Å². The third-order valence-electron chi connectivity index (χ3n) is 3.52. The standard InChI is InChI=1S/C12H23F3N4O/c1-9(8-19-5-3-2-4-6-19)17-7-10(11(16)18-20)12(13,14)15/h9-10,17,20H,2-8H2,1H3,(H2,16,18). The van der Waals surface area contributed by atoms with E-state index in [-0.39, 0.29) is 12.6 Å². The van der Waals surface area contributed by atoms with Gasteiger partial charge in [0.05, 0.1) is 0 Å². The van der Waals surface area contributed by atoms with Crippen LogP contribution >= 0.6 is 0 Å². The first-order valence-corrected chi connectivity index (χ1v) is 6.84. The summed E-state index contributed by atoms with van der Waals surface area (Å²) in [5.74, 6) is -2.77. The summed E-state index contributed by atoms with van der Waals surface area (Å²) in [6, 6.07) is -0.0792. The minimum absolute atomic E-state index is 0.0792. The van der Waals surface area contributed by atoms with E-state index >= 15 is 0 Å². The lowest BCUT2D eigenvalue weighted by molar-refractivity contribution is -0.155. The van der Waals surface area contributed by atoms with Crippen molar-refractivity contribution in [3.8, 4) is 0 Å². The average molecular weight is 296 g/mol. The molecule has 0 bridgehead atoms. The van der Waals surface area contributed by atoms with Crippen molar-refractivity contribution in [1.82, 2.24) is 10.2 Å². The second-order valence-corrected chi connectivity index (χ2v) is 5.29. The zero-order valence-electron chi connectivity index (χ0n) is 11.7. The monoisotopic (exact) mass is 296 g/mol. The second kappa shape index (κ2) is 7.68. The van der Waals surface area contributed by atoms with E-state index in [0.29, 0.717) is 6.54 Å². The van der Waals surface area contributed by atoms with Gasteiger partial charge in [-0.3, -0.25) is 0 Å². The Balaban J connectivity index is 2.42. The Morgan fingerprint density at radius 1 is 1.35 bits per heavy atom. The summed E-state index contributed by atoms with van der Waals surface area (Å²) >= 11 is 0. The molecule has 1 aliphatic heterocycles. The molecule has 0 aromatic carbocycles. The molecule has 0 amide bonds. The fraction of sp³-hybridized carbons (Fsp3) is 0.917. The lowest BCUT2D eigenvalue weighted by Crippen LogP contribution is -2.48. The van der Waals surface area contributed by atoms with Gasteiger partial charge in [0.1, 0.15) is 5.92 Å². The molecule has 0 aromatic heterocycles. The molecular formula is C12H23F3N4O. The number of hydrogen-bond acceptors (Lipinski definition) is 4. The highest BCUT2D eigenvalue weighted by Gasteiger charge is 2.42. The molecule has 8 heteroatoms. The van der Waals surface area contributed by atoms with E-state index < -0.39 is 17.9 Å².